The van der Waals surface area contributed by atoms with Crippen molar-refractivity contribution < 1.29 is 18.8 Å². The number of aliphatic carboxylic acids is 1. The van der Waals surface area contributed by atoms with Crippen molar-refractivity contribution >= 4 is 12.0 Å². The van der Waals surface area contributed by atoms with Gasteiger partial charge in [0.25, 0.3) is 0 Å². The zero-order valence-electron chi connectivity index (χ0n) is 10.0. The fourth-order valence-corrected chi connectivity index (χ4v) is 0.624. The van der Waals surface area contributed by atoms with Crippen LogP contribution < -0.4 is 16.8 Å². The van der Waals surface area contributed by atoms with Crippen LogP contribution >= 0.6 is 0 Å². The van der Waals surface area contributed by atoms with Crippen LogP contribution in [0.25, 0.3) is 0 Å². The van der Waals surface area contributed by atoms with E-state index in [0.29, 0.717) is 0 Å². The first-order valence-corrected chi connectivity index (χ1v) is 3.67. The van der Waals surface area contributed by atoms with Crippen LogP contribution in [0.2, 0.25) is 0 Å². The molecule has 2 amide bonds. The van der Waals surface area contributed by atoms with E-state index in [2.05, 4.69) is 0 Å². The lowest BCUT2D eigenvalue weighted by molar-refractivity contribution is -0.138. The molecule has 6 nitrogen and oxygen atoms in total. The van der Waals surface area contributed by atoms with Crippen molar-refractivity contribution in [3.63, 3.8) is 0 Å². The average Bonchev–Trinajstić information content (AvgIpc) is 1.99. The van der Waals surface area contributed by atoms with Gasteiger partial charge in [-0.2, -0.15) is 0 Å². The van der Waals surface area contributed by atoms with Crippen molar-refractivity contribution in [2.45, 2.75) is 25.3 Å². The molecule has 0 aromatic rings. The summed E-state index contributed by atoms with van der Waals surface area (Å²) < 4.78 is 21.7. The Labute approximate surface area is 80.5 Å². The SMILES string of the molecule is [2H]C([2H])(CCC[C@]([2H])(N)C(=O)O)NC(N)=O. The number of urea groups is 1. The molecule has 0 rings (SSSR count). The minimum Gasteiger partial charge on any atom is -0.480 e. The summed E-state index contributed by atoms with van der Waals surface area (Å²) >= 11 is 0. The van der Waals surface area contributed by atoms with Crippen LogP contribution in [-0.4, -0.2) is 29.6 Å². The Bertz CT molecular complexity index is 283. The van der Waals surface area contributed by atoms with Crippen molar-refractivity contribution in [3.8, 4) is 0 Å². The lowest BCUT2D eigenvalue weighted by atomic mass is 10.1. The Morgan fingerprint density at radius 1 is 1.62 bits per heavy atom. The molecule has 1 atom stereocenters. The lowest BCUT2D eigenvalue weighted by Crippen LogP contribution is -2.31. The normalized spacial score (nSPS) is 19.0. The number of hydrogen-bond acceptors (Lipinski definition) is 3. The molecule has 13 heavy (non-hydrogen) atoms. The lowest BCUT2D eigenvalue weighted by Gasteiger charge is -2.05. The number of hydrogen-bond donors (Lipinski definition) is 4. The Balaban J connectivity index is 4.07. The second-order valence-electron chi connectivity index (χ2n) is 2.35. The van der Waals surface area contributed by atoms with Crippen LogP contribution in [-0.2, 0) is 4.79 Å². The van der Waals surface area contributed by atoms with Crippen molar-refractivity contribution in [2.24, 2.45) is 11.5 Å². The molecule has 6 heteroatoms. The van der Waals surface area contributed by atoms with E-state index in [9.17, 15) is 9.59 Å². The van der Waals surface area contributed by atoms with E-state index in [1.54, 1.807) is 0 Å². The van der Waals surface area contributed by atoms with Gasteiger partial charge in [-0.25, -0.2) is 4.79 Å². The molecule has 0 aromatic heterocycles. The van der Waals surface area contributed by atoms with Gasteiger partial charge in [-0.1, -0.05) is 0 Å². The van der Waals surface area contributed by atoms with Gasteiger partial charge in [0.2, 0.25) is 0 Å². The maximum atomic E-state index is 10.5. The standard InChI is InChI=1S/C7H15N3O3/c8-5(6(11)12)3-1-2-4-10-7(9)13/h5H,1-4,8H2,(H,11,12)(H3,9,10,13)/t5-/m0/s1/i4D2,5D. The van der Waals surface area contributed by atoms with Gasteiger partial charge >= 0.3 is 12.0 Å². The molecule has 0 aromatic carbocycles. The quantitative estimate of drug-likeness (QED) is 0.442. The molecular weight excluding hydrogens is 174 g/mol. The number of carbonyl (C=O) groups excluding carboxylic acids is 1. The summed E-state index contributed by atoms with van der Waals surface area (Å²) in [7, 11) is 0. The summed E-state index contributed by atoms with van der Waals surface area (Å²) in [6.07, 6.45) is -0.344. The Morgan fingerprint density at radius 3 is 2.69 bits per heavy atom. The van der Waals surface area contributed by atoms with Crippen molar-refractivity contribution in [2.75, 3.05) is 6.50 Å². The molecular formula is C7H15N3O3. The monoisotopic (exact) mass is 192 g/mol. The second-order valence-corrected chi connectivity index (χ2v) is 2.35. The van der Waals surface area contributed by atoms with Gasteiger partial charge in [0.15, 0.2) is 0 Å². The molecule has 76 valence electrons. The van der Waals surface area contributed by atoms with Crippen LogP contribution in [0.1, 0.15) is 23.4 Å². The van der Waals surface area contributed by atoms with Crippen LogP contribution in [0.15, 0.2) is 0 Å². The van der Waals surface area contributed by atoms with Gasteiger partial charge in [-0.3, -0.25) is 4.79 Å². The van der Waals surface area contributed by atoms with E-state index in [1.165, 1.54) is 0 Å². The predicted molar refractivity (Wildman–Crippen MR) is 47.0 cm³/mol. The Morgan fingerprint density at radius 2 is 2.23 bits per heavy atom. The summed E-state index contributed by atoms with van der Waals surface area (Å²) in [6, 6.07) is -3.14. The Kier molecular flexibility index (Phi) is 3.43. The number of carboxylic acids is 1. The van der Waals surface area contributed by atoms with E-state index in [4.69, 9.17) is 20.7 Å². The molecule has 0 aliphatic heterocycles. The summed E-state index contributed by atoms with van der Waals surface area (Å²) in [4.78, 5) is 20.9. The fraction of sp³-hybridized carbons (Fsp3) is 0.714. The van der Waals surface area contributed by atoms with Crippen molar-refractivity contribution in [3.05, 3.63) is 0 Å². The van der Waals surface area contributed by atoms with Gasteiger partial charge in [0, 0.05) is 9.24 Å². The number of amides is 2. The number of rotatable bonds is 6. The first-order chi connectivity index (χ1) is 7.07. The summed E-state index contributed by atoms with van der Waals surface area (Å²) in [5, 5.41) is 10.4. The van der Waals surface area contributed by atoms with E-state index in [1.807, 2.05) is 5.32 Å². The third-order valence-electron chi connectivity index (χ3n) is 1.23. The summed E-state index contributed by atoms with van der Waals surface area (Å²) in [5.74, 6) is -1.48. The fourth-order valence-electron chi connectivity index (χ4n) is 0.624. The molecule has 0 heterocycles. The molecule has 0 aliphatic carbocycles. The zero-order chi connectivity index (χ0) is 13.0. The number of nitrogens with two attached hydrogens (primary N) is 2. The van der Waals surface area contributed by atoms with Crippen molar-refractivity contribution in [1.29, 1.82) is 0 Å². The minimum absolute atomic E-state index is 0.0413. The predicted octanol–water partition coefficient (Wildman–Crippen LogP) is -0.763. The second kappa shape index (κ2) is 6.24. The first kappa shape index (κ1) is 7.14. The highest BCUT2D eigenvalue weighted by atomic mass is 16.4. The highest BCUT2D eigenvalue weighted by molar-refractivity contribution is 5.73. The topological polar surface area (TPSA) is 118 Å². The van der Waals surface area contributed by atoms with Crippen molar-refractivity contribution in [1.82, 2.24) is 5.32 Å². The number of primary amides is 1. The van der Waals surface area contributed by atoms with Crippen LogP contribution in [0.4, 0.5) is 4.79 Å². The molecule has 0 radical (unpaired) electrons. The van der Waals surface area contributed by atoms with E-state index < -0.39 is 24.5 Å². The molecule has 0 bridgehead atoms. The largest absolute Gasteiger partial charge is 0.480 e. The van der Waals surface area contributed by atoms with Gasteiger partial charge in [-0.05, 0) is 19.3 Å². The summed E-state index contributed by atoms with van der Waals surface area (Å²) in [5.41, 5.74) is 9.86. The number of nitrogens with one attached hydrogen (secondary N) is 1. The molecule has 0 aliphatic rings. The molecule has 0 saturated carbocycles. The molecule has 6 N–H and O–H groups in total. The Hall–Kier alpha value is -1.30. The maximum absolute atomic E-state index is 10.5. The van der Waals surface area contributed by atoms with Crippen LogP contribution in [0.3, 0.4) is 0 Å². The summed E-state index contributed by atoms with van der Waals surface area (Å²) in [6.45, 7) is -2.03. The van der Waals surface area contributed by atoms with Gasteiger partial charge in [0.1, 0.15) is 6.02 Å². The maximum Gasteiger partial charge on any atom is 0.320 e. The number of carboxylic acid groups (broad SMARTS) is 1. The van der Waals surface area contributed by atoms with Crippen LogP contribution in [0.5, 0.6) is 0 Å². The smallest absolute Gasteiger partial charge is 0.320 e. The van der Waals surface area contributed by atoms with E-state index >= 15 is 0 Å². The van der Waals surface area contributed by atoms with Gasteiger partial charge in [-0.15, -0.1) is 0 Å². The third-order valence-corrected chi connectivity index (χ3v) is 1.23. The highest BCUT2D eigenvalue weighted by Crippen LogP contribution is 1.97. The molecule has 0 saturated heterocycles. The first-order valence-electron chi connectivity index (χ1n) is 5.17. The zero-order valence-corrected chi connectivity index (χ0v) is 7.04. The highest BCUT2D eigenvalue weighted by Gasteiger charge is 2.09. The van der Waals surface area contributed by atoms with Crippen LogP contribution in [0, 0.1) is 0 Å². The third kappa shape index (κ3) is 7.07. The minimum atomic E-state index is -2.14. The van der Waals surface area contributed by atoms with E-state index in [-0.39, 0.29) is 19.3 Å². The molecule has 0 spiro atoms. The van der Waals surface area contributed by atoms with E-state index in [0.717, 1.165) is 0 Å². The average molecular weight is 192 g/mol. The van der Waals surface area contributed by atoms with Gasteiger partial charge in [0.05, 0.1) is 1.37 Å². The molecule has 0 fully saturated rings. The number of carbonyl (C=O) groups is 2. The van der Waals surface area contributed by atoms with Gasteiger partial charge < -0.3 is 21.9 Å². The molecule has 0 unspecified atom stereocenters.